The van der Waals surface area contributed by atoms with E-state index in [9.17, 15) is 18.0 Å². The van der Waals surface area contributed by atoms with Gasteiger partial charge in [-0.25, -0.2) is 4.79 Å². The molecule has 0 aromatic carbocycles. The SMILES string of the molecule is O=C(O)C(F)(F)F.O=C1N(Cc2cccnc2)CCC12CCCN(Cc1ccco1)C2. The summed E-state index contributed by atoms with van der Waals surface area (Å²) in [5.41, 5.74) is 0.902. The number of hydrogen-bond donors (Lipinski definition) is 1. The van der Waals surface area contributed by atoms with Crippen LogP contribution in [-0.4, -0.2) is 57.6 Å². The minimum absolute atomic E-state index is 0.201. The molecule has 2 aliphatic heterocycles. The summed E-state index contributed by atoms with van der Waals surface area (Å²) in [6, 6.07) is 7.89. The molecule has 0 saturated carbocycles. The number of furan rings is 1. The monoisotopic (exact) mass is 439 g/mol. The van der Waals surface area contributed by atoms with E-state index in [-0.39, 0.29) is 5.41 Å². The van der Waals surface area contributed by atoms with E-state index < -0.39 is 12.1 Å². The highest BCUT2D eigenvalue weighted by molar-refractivity contribution is 5.85. The van der Waals surface area contributed by atoms with Crippen molar-refractivity contribution < 1.29 is 32.3 Å². The predicted octanol–water partition coefficient (Wildman–Crippen LogP) is 3.32. The molecule has 0 aliphatic carbocycles. The summed E-state index contributed by atoms with van der Waals surface area (Å²) in [4.78, 5) is 30.5. The summed E-state index contributed by atoms with van der Waals surface area (Å²) < 4.78 is 37.2. The summed E-state index contributed by atoms with van der Waals surface area (Å²) >= 11 is 0. The van der Waals surface area contributed by atoms with Gasteiger partial charge in [0.2, 0.25) is 5.91 Å². The maximum absolute atomic E-state index is 13.1. The lowest BCUT2D eigenvalue weighted by atomic mass is 9.78. The number of carboxylic acid groups (broad SMARTS) is 1. The average Bonchev–Trinajstić information content (AvgIpc) is 3.33. The van der Waals surface area contributed by atoms with Crippen molar-refractivity contribution in [3.8, 4) is 0 Å². The average molecular weight is 439 g/mol. The van der Waals surface area contributed by atoms with Gasteiger partial charge < -0.3 is 14.4 Å². The zero-order chi connectivity index (χ0) is 22.5. The first kappa shape index (κ1) is 22.8. The Kier molecular flexibility index (Phi) is 6.99. The Balaban J connectivity index is 0.000000339. The van der Waals surface area contributed by atoms with E-state index in [0.717, 1.165) is 56.8 Å². The second-order valence-electron chi connectivity index (χ2n) is 7.81. The third-order valence-corrected chi connectivity index (χ3v) is 5.56. The van der Waals surface area contributed by atoms with Crippen molar-refractivity contribution in [3.63, 3.8) is 0 Å². The second-order valence-corrected chi connectivity index (χ2v) is 7.81. The Labute approximate surface area is 177 Å². The lowest BCUT2D eigenvalue weighted by Crippen LogP contribution is -2.47. The fraction of sp³-hybridized carbons (Fsp3) is 0.476. The molecule has 1 atom stereocenters. The number of aromatic nitrogens is 1. The molecule has 4 heterocycles. The fourth-order valence-corrected chi connectivity index (χ4v) is 4.12. The van der Waals surface area contributed by atoms with Gasteiger partial charge in [-0.1, -0.05) is 6.07 Å². The molecular weight excluding hydrogens is 415 g/mol. The number of alkyl halides is 3. The van der Waals surface area contributed by atoms with Crippen molar-refractivity contribution in [3.05, 3.63) is 54.2 Å². The number of halogens is 3. The summed E-state index contributed by atoms with van der Waals surface area (Å²) in [5.74, 6) is -1.47. The summed E-state index contributed by atoms with van der Waals surface area (Å²) in [7, 11) is 0. The number of pyridine rings is 1. The van der Waals surface area contributed by atoms with E-state index in [1.54, 1.807) is 12.5 Å². The van der Waals surface area contributed by atoms with Crippen molar-refractivity contribution in [2.45, 2.75) is 38.5 Å². The van der Waals surface area contributed by atoms with Crippen LogP contribution in [0.2, 0.25) is 0 Å². The molecule has 2 aromatic rings. The van der Waals surface area contributed by atoms with Gasteiger partial charge >= 0.3 is 12.1 Å². The summed E-state index contributed by atoms with van der Waals surface area (Å²) in [5, 5.41) is 7.12. The topological polar surface area (TPSA) is 86.9 Å². The normalized spacial score (nSPS) is 21.8. The predicted molar refractivity (Wildman–Crippen MR) is 104 cm³/mol. The highest BCUT2D eigenvalue weighted by Gasteiger charge is 2.48. The van der Waals surface area contributed by atoms with Crippen LogP contribution in [0.3, 0.4) is 0 Å². The smallest absolute Gasteiger partial charge is 0.475 e. The number of aliphatic carboxylic acids is 1. The van der Waals surface area contributed by atoms with Crippen LogP contribution < -0.4 is 0 Å². The molecule has 2 saturated heterocycles. The molecule has 0 radical (unpaired) electrons. The van der Waals surface area contributed by atoms with Crippen molar-refractivity contribution in [1.29, 1.82) is 0 Å². The molecule has 4 rings (SSSR count). The molecular formula is C21H24F3N3O4. The Hall–Kier alpha value is -2.88. The van der Waals surface area contributed by atoms with Gasteiger partial charge in [0.25, 0.3) is 0 Å². The van der Waals surface area contributed by atoms with Crippen LogP contribution >= 0.6 is 0 Å². The maximum Gasteiger partial charge on any atom is 0.490 e. The first-order chi connectivity index (χ1) is 14.7. The van der Waals surface area contributed by atoms with Crippen LogP contribution in [0.1, 0.15) is 30.6 Å². The molecule has 2 aliphatic rings. The van der Waals surface area contributed by atoms with E-state index in [0.29, 0.717) is 12.5 Å². The van der Waals surface area contributed by atoms with E-state index >= 15 is 0 Å². The second kappa shape index (κ2) is 9.51. The first-order valence-electron chi connectivity index (χ1n) is 9.93. The number of carbonyl (C=O) groups excluding carboxylic acids is 1. The Morgan fingerprint density at radius 2 is 1.97 bits per heavy atom. The minimum Gasteiger partial charge on any atom is -0.475 e. The fourth-order valence-electron chi connectivity index (χ4n) is 4.12. The number of hydrogen-bond acceptors (Lipinski definition) is 5. The van der Waals surface area contributed by atoms with Gasteiger partial charge in [-0.15, -0.1) is 0 Å². The van der Waals surface area contributed by atoms with Crippen LogP contribution in [-0.2, 0) is 22.7 Å². The maximum atomic E-state index is 13.1. The van der Waals surface area contributed by atoms with E-state index in [1.807, 2.05) is 35.4 Å². The van der Waals surface area contributed by atoms with Gasteiger partial charge in [0.15, 0.2) is 0 Å². The number of carboxylic acids is 1. The molecule has 2 aromatic heterocycles. The first-order valence-corrected chi connectivity index (χ1v) is 9.93. The lowest BCUT2D eigenvalue weighted by Gasteiger charge is -2.38. The van der Waals surface area contributed by atoms with Crippen LogP contribution in [0.5, 0.6) is 0 Å². The number of amides is 1. The molecule has 10 heteroatoms. The van der Waals surface area contributed by atoms with Gasteiger partial charge in [-0.05, 0) is 49.6 Å². The van der Waals surface area contributed by atoms with Crippen LogP contribution in [0, 0.1) is 5.41 Å². The number of rotatable bonds is 4. The molecule has 1 N–H and O–H groups in total. The zero-order valence-corrected chi connectivity index (χ0v) is 16.8. The standard InChI is InChI=1S/C19H23N3O2.C2HF3O2/c23-18-19(7-10-22(18)13-16-4-1-8-20-12-16)6-3-9-21(15-19)14-17-5-2-11-24-17;3-2(4,5)1(6)7/h1-2,4-5,8,11-12H,3,6-7,9-10,13-15H2;(H,6,7). The van der Waals surface area contributed by atoms with Crippen LogP contribution in [0.25, 0.3) is 0 Å². The zero-order valence-electron chi connectivity index (χ0n) is 16.8. The van der Waals surface area contributed by atoms with Gasteiger partial charge in [0.05, 0.1) is 18.2 Å². The third kappa shape index (κ3) is 5.84. The molecule has 168 valence electrons. The quantitative estimate of drug-likeness (QED) is 0.787. The van der Waals surface area contributed by atoms with Gasteiger partial charge in [0, 0.05) is 32.0 Å². The minimum atomic E-state index is -5.08. The molecule has 7 nitrogen and oxygen atoms in total. The largest absolute Gasteiger partial charge is 0.490 e. The highest BCUT2D eigenvalue weighted by atomic mass is 19.4. The summed E-state index contributed by atoms with van der Waals surface area (Å²) in [6.07, 6.45) is 3.29. The van der Waals surface area contributed by atoms with Gasteiger partial charge in [0.1, 0.15) is 5.76 Å². The Morgan fingerprint density at radius 3 is 2.58 bits per heavy atom. The van der Waals surface area contributed by atoms with E-state index in [2.05, 4.69) is 9.88 Å². The van der Waals surface area contributed by atoms with Crippen molar-refractivity contribution >= 4 is 11.9 Å². The molecule has 31 heavy (non-hydrogen) atoms. The van der Waals surface area contributed by atoms with Crippen molar-refractivity contribution in [2.24, 2.45) is 5.41 Å². The third-order valence-electron chi connectivity index (χ3n) is 5.56. The molecule has 2 fully saturated rings. The number of carbonyl (C=O) groups is 2. The van der Waals surface area contributed by atoms with Gasteiger partial charge in [-0.2, -0.15) is 13.2 Å². The Morgan fingerprint density at radius 1 is 1.19 bits per heavy atom. The number of piperidine rings is 1. The van der Waals surface area contributed by atoms with Crippen molar-refractivity contribution in [2.75, 3.05) is 19.6 Å². The summed E-state index contributed by atoms with van der Waals surface area (Å²) in [6.45, 7) is 4.20. The van der Waals surface area contributed by atoms with E-state index in [4.69, 9.17) is 14.3 Å². The number of likely N-dealkylation sites (tertiary alicyclic amines) is 2. The van der Waals surface area contributed by atoms with Gasteiger partial charge in [-0.3, -0.25) is 14.7 Å². The highest BCUT2D eigenvalue weighted by Crippen LogP contribution is 2.41. The molecule has 1 amide bonds. The molecule has 1 unspecified atom stereocenters. The van der Waals surface area contributed by atoms with E-state index in [1.165, 1.54) is 0 Å². The molecule has 0 bridgehead atoms. The lowest BCUT2D eigenvalue weighted by molar-refractivity contribution is -0.192. The van der Waals surface area contributed by atoms with Crippen LogP contribution in [0.4, 0.5) is 13.2 Å². The number of nitrogens with zero attached hydrogens (tertiary/aromatic N) is 3. The Bertz CT molecular complexity index is 874. The van der Waals surface area contributed by atoms with Crippen LogP contribution in [0.15, 0.2) is 47.3 Å². The molecule has 1 spiro atoms. The van der Waals surface area contributed by atoms with Crippen molar-refractivity contribution in [1.82, 2.24) is 14.8 Å².